The number of carbonyl (C=O) groups excluding carboxylic acids is 1. The number of hydrogen-bond donors (Lipinski definition) is 3. The molecule has 0 aromatic carbocycles. The predicted octanol–water partition coefficient (Wildman–Crippen LogP) is 0.284. The molecule has 4 N–H and O–H groups in total. The molecule has 0 spiro atoms. The molecule has 7 heteroatoms. The van der Waals surface area contributed by atoms with Crippen LogP contribution in [-0.2, 0) is 14.4 Å². The minimum Gasteiger partial charge on any atom is -0.542 e. The summed E-state index contributed by atoms with van der Waals surface area (Å²) in [4.78, 5) is 29.8. The largest absolute Gasteiger partial charge is 1.00 e. The van der Waals surface area contributed by atoms with E-state index in [1.807, 2.05) is 6.29 Å². The summed E-state index contributed by atoms with van der Waals surface area (Å²) in [5.41, 5.74) is 5.00. The number of unbranched alkanes of at least 4 members (excludes halogenated alkanes) is 9. The molecular formula is C17H32KNO5. The second-order valence-electron chi connectivity index (χ2n) is 5.60. The smallest absolute Gasteiger partial charge is 0.542 e. The first-order valence-corrected chi connectivity index (χ1v) is 8.50. The Bertz CT molecular complexity index is 313. The van der Waals surface area contributed by atoms with Crippen LogP contribution >= 0.6 is 0 Å². The Balaban J connectivity index is -0.000000364. The van der Waals surface area contributed by atoms with Gasteiger partial charge in [-0.05, 0) is 6.42 Å². The third-order valence-electron chi connectivity index (χ3n) is 3.37. The van der Waals surface area contributed by atoms with Crippen molar-refractivity contribution in [1.29, 1.82) is 0 Å². The second-order valence-corrected chi connectivity index (χ2v) is 5.60. The summed E-state index contributed by atoms with van der Waals surface area (Å²) < 4.78 is 0. The maximum Gasteiger partial charge on any atom is 1.00 e. The van der Waals surface area contributed by atoms with Gasteiger partial charge in [-0.2, -0.15) is 6.42 Å². The maximum atomic E-state index is 9.99. The quantitative estimate of drug-likeness (QED) is 0.230. The van der Waals surface area contributed by atoms with Crippen LogP contribution in [0.5, 0.6) is 0 Å². The molecule has 1 atom stereocenters. The van der Waals surface area contributed by atoms with Crippen molar-refractivity contribution in [3.05, 3.63) is 0 Å². The molecule has 0 saturated carbocycles. The third-order valence-corrected chi connectivity index (χ3v) is 3.37. The van der Waals surface area contributed by atoms with Gasteiger partial charge in [0.25, 0.3) is 0 Å². The molecule has 0 unspecified atom stereocenters. The molecule has 0 aliphatic rings. The number of carboxylic acids is 2. The molecule has 0 amide bonds. The van der Waals surface area contributed by atoms with E-state index in [0.717, 1.165) is 6.42 Å². The Morgan fingerprint density at radius 1 is 0.958 bits per heavy atom. The molecule has 0 aliphatic carbocycles. The zero-order chi connectivity index (χ0) is 17.9. The first-order valence-electron chi connectivity index (χ1n) is 8.50. The summed E-state index contributed by atoms with van der Waals surface area (Å²) in [6.07, 6.45) is 14.1. The van der Waals surface area contributed by atoms with E-state index in [0.29, 0.717) is 6.42 Å². The van der Waals surface area contributed by atoms with Gasteiger partial charge in [0, 0.05) is 6.42 Å². The van der Waals surface area contributed by atoms with Crippen molar-refractivity contribution >= 4 is 18.2 Å². The Hall–Kier alpha value is 0.206. The van der Waals surface area contributed by atoms with Crippen LogP contribution in [0.1, 0.15) is 84.0 Å². The number of rotatable bonds is 14. The van der Waals surface area contributed by atoms with E-state index in [1.165, 1.54) is 51.4 Å². The van der Waals surface area contributed by atoms with Gasteiger partial charge in [0.05, 0.1) is 0 Å². The molecular weight excluding hydrogens is 337 g/mol. The Morgan fingerprint density at radius 2 is 1.42 bits per heavy atom. The summed E-state index contributed by atoms with van der Waals surface area (Å²) in [6.45, 7) is 2.25. The van der Waals surface area contributed by atoms with Crippen molar-refractivity contribution in [3.63, 3.8) is 0 Å². The first-order chi connectivity index (χ1) is 11.0. The van der Waals surface area contributed by atoms with E-state index in [9.17, 15) is 14.4 Å². The molecule has 0 radical (unpaired) electrons. The SMILES string of the molecule is CCCCCCCCCCC[C-]=O.N[C@@H](CCC(=O)O)C(=O)O.[K+]. The van der Waals surface area contributed by atoms with Crippen LogP contribution in [0.25, 0.3) is 0 Å². The Morgan fingerprint density at radius 3 is 1.79 bits per heavy atom. The first kappa shape index (κ1) is 29.0. The van der Waals surface area contributed by atoms with Crippen molar-refractivity contribution in [3.8, 4) is 0 Å². The van der Waals surface area contributed by atoms with Gasteiger partial charge in [-0.3, -0.25) is 15.9 Å². The summed E-state index contributed by atoms with van der Waals surface area (Å²) in [6, 6.07) is -1.06. The topological polar surface area (TPSA) is 118 Å². The monoisotopic (exact) mass is 369 g/mol. The van der Waals surface area contributed by atoms with Gasteiger partial charge in [-0.1, -0.05) is 64.7 Å². The molecule has 0 rings (SSSR count). The molecule has 0 aromatic rings. The number of nitrogens with two attached hydrogens (primary N) is 1. The van der Waals surface area contributed by atoms with Crippen LogP contribution in [0.4, 0.5) is 0 Å². The minimum atomic E-state index is -1.17. The molecule has 0 aromatic heterocycles. The molecule has 0 bridgehead atoms. The molecule has 6 nitrogen and oxygen atoms in total. The van der Waals surface area contributed by atoms with Crippen LogP contribution in [-0.4, -0.2) is 34.5 Å². The normalized spacial score (nSPS) is 10.8. The molecule has 0 saturated heterocycles. The summed E-state index contributed by atoms with van der Waals surface area (Å²) in [7, 11) is 0. The van der Waals surface area contributed by atoms with Gasteiger partial charge in [0.1, 0.15) is 6.04 Å². The zero-order valence-electron chi connectivity index (χ0n) is 15.3. The van der Waals surface area contributed by atoms with E-state index in [1.54, 1.807) is 0 Å². The van der Waals surface area contributed by atoms with E-state index in [4.69, 9.17) is 15.9 Å². The third kappa shape index (κ3) is 27.1. The van der Waals surface area contributed by atoms with Gasteiger partial charge in [-0.15, -0.1) is 0 Å². The summed E-state index contributed by atoms with van der Waals surface area (Å²) in [5, 5.41) is 16.3. The number of carboxylic acid groups (broad SMARTS) is 2. The van der Waals surface area contributed by atoms with Crippen LogP contribution < -0.4 is 57.1 Å². The fourth-order valence-corrected chi connectivity index (χ4v) is 1.91. The van der Waals surface area contributed by atoms with Gasteiger partial charge >= 0.3 is 63.3 Å². The van der Waals surface area contributed by atoms with E-state index < -0.39 is 18.0 Å². The van der Waals surface area contributed by atoms with Crippen LogP contribution in [0.2, 0.25) is 0 Å². The molecule has 136 valence electrons. The standard InChI is InChI=1S/C12H23O.C5H9NO4.K/c1-2-3-4-5-6-7-8-9-10-11-12-13;6-3(5(9)10)1-2-4(7)8;/h2-11H2,1H3;3H,1-2,6H2,(H,7,8)(H,9,10);/q-1;;+1/t;3-;/m.0./s1. The summed E-state index contributed by atoms with van der Waals surface area (Å²) in [5.74, 6) is -2.20. The van der Waals surface area contributed by atoms with Gasteiger partial charge < -0.3 is 20.7 Å². The second kappa shape index (κ2) is 23.2. The summed E-state index contributed by atoms with van der Waals surface area (Å²) >= 11 is 0. The zero-order valence-corrected chi connectivity index (χ0v) is 18.4. The van der Waals surface area contributed by atoms with E-state index >= 15 is 0 Å². The van der Waals surface area contributed by atoms with Crippen LogP contribution in [0.15, 0.2) is 0 Å². The number of carbonyl (C=O) groups is 2. The minimum absolute atomic E-state index is 0. The molecule has 0 aliphatic heterocycles. The fraction of sp³-hybridized carbons (Fsp3) is 0.824. The van der Waals surface area contributed by atoms with Crippen molar-refractivity contribution in [2.75, 3.05) is 0 Å². The Kier molecular flexibility index (Phi) is 28.0. The van der Waals surface area contributed by atoms with Crippen LogP contribution in [0.3, 0.4) is 0 Å². The average Bonchev–Trinajstić information content (AvgIpc) is 2.51. The van der Waals surface area contributed by atoms with E-state index in [-0.39, 0.29) is 64.2 Å². The van der Waals surface area contributed by atoms with Gasteiger partial charge in [0.2, 0.25) is 0 Å². The number of hydrogen-bond acceptors (Lipinski definition) is 4. The average molecular weight is 370 g/mol. The van der Waals surface area contributed by atoms with Gasteiger partial charge in [-0.25, -0.2) is 0 Å². The fourth-order valence-electron chi connectivity index (χ4n) is 1.91. The molecule has 24 heavy (non-hydrogen) atoms. The van der Waals surface area contributed by atoms with Crippen molar-refractivity contribution in [1.82, 2.24) is 0 Å². The van der Waals surface area contributed by atoms with Crippen LogP contribution in [0, 0.1) is 0 Å². The maximum absolute atomic E-state index is 9.99. The predicted molar refractivity (Wildman–Crippen MR) is 90.0 cm³/mol. The van der Waals surface area contributed by atoms with Crippen molar-refractivity contribution < 1.29 is 76.0 Å². The van der Waals surface area contributed by atoms with E-state index in [2.05, 4.69) is 6.92 Å². The molecule has 0 fully saturated rings. The molecule has 0 heterocycles. The van der Waals surface area contributed by atoms with Crippen molar-refractivity contribution in [2.24, 2.45) is 5.73 Å². The van der Waals surface area contributed by atoms with Gasteiger partial charge in [0.15, 0.2) is 0 Å². The number of aliphatic carboxylic acids is 2. The Labute approximate surface area is 188 Å². The van der Waals surface area contributed by atoms with Crippen molar-refractivity contribution in [2.45, 2.75) is 90.0 Å².